The van der Waals surface area contributed by atoms with Crippen molar-refractivity contribution in [3.05, 3.63) is 71.3 Å². The van der Waals surface area contributed by atoms with Crippen LogP contribution >= 0.6 is 0 Å². The number of rotatable bonds is 5. The first-order valence-corrected chi connectivity index (χ1v) is 9.61. The van der Waals surface area contributed by atoms with E-state index in [1.165, 1.54) is 36.4 Å². The van der Waals surface area contributed by atoms with Crippen molar-refractivity contribution >= 4 is 11.0 Å². The average molecular weight is 399 g/mol. The predicted molar refractivity (Wildman–Crippen MR) is 101 cm³/mol. The Balaban J connectivity index is 2.67. The summed E-state index contributed by atoms with van der Waals surface area (Å²) in [5.74, 6) is 0. The van der Waals surface area contributed by atoms with Crippen LogP contribution in [-0.4, -0.2) is 20.2 Å². The Labute approximate surface area is 160 Å². The van der Waals surface area contributed by atoms with Gasteiger partial charge in [0.15, 0.2) is 0 Å². The molecule has 2 N–H and O–H groups in total. The lowest BCUT2D eigenvalue weighted by molar-refractivity contribution is -0.277. The molecule has 0 aliphatic carbocycles. The first-order valence-electron chi connectivity index (χ1n) is 8.46. The van der Waals surface area contributed by atoms with E-state index in [0.29, 0.717) is 0 Å². The number of nitrogens with one attached hydrogen (secondary N) is 1. The highest BCUT2D eigenvalue weighted by atomic mass is 32.2. The molecule has 0 saturated heterocycles. The molecule has 2 rings (SSSR count). The summed E-state index contributed by atoms with van der Waals surface area (Å²) in [4.78, 5) is 0. The second-order valence-corrected chi connectivity index (χ2v) is 9.47. The predicted octanol–water partition coefficient (Wildman–Crippen LogP) is 4.54. The fourth-order valence-corrected chi connectivity index (χ4v) is 3.50. The number of benzene rings is 2. The van der Waals surface area contributed by atoms with Gasteiger partial charge >= 0.3 is 6.18 Å². The van der Waals surface area contributed by atoms with Crippen molar-refractivity contribution in [2.24, 2.45) is 0 Å². The molecule has 0 spiro atoms. The van der Waals surface area contributed by atoms with E-state index in [4.69, 9.17) is 0 Å². The first kappa shape index (κ1) is 21.6. The van der Waals surface area contributed by atoms with Gasteiger partial charge in [-0.1, -0.05) is 60.2 Å². The van der Waals surface area contributed by atoms with Gasteiger partial charge in [0.2, 0.25) is 5.60 Å². The van der Waals surface area contributed by atoms with E-state index < -0.39 is 33.6 Å². The highest BCUT2D eigenvalue weighted by Gasteiger charge is 2.60. The van der Waals surface area contributed by atoms with E-state index in [-0.39, 0.29) is 11.1 Å². The van der Waals surface area contributed by atoms with E-state index in [1.54, 1.807) is 39.0 Å². The van der Waals surface area contributed by atoms with Crippen LogP contribution in [0.1, 0.15) is 43.5 Å². The molecule has 2 aromatic carbocycles. The summed E-state index contributed by atoms with van der Waals surface area (Å²) in [5.41, 5.74) is -2.52. The topological polar surface area (TPSA) is 49.3 Å². The zero-order valence-corrected chi connectivity index (χ0v) is 16.5. The Morgan fingerprint density at radius 2 is 1.48 bits per heavy atom. The van der Waals surface area contributed by atoms with Crippen molar-refractivity contribution in [1.29, 1.82) is 0 Å². The average Bonchev–Trinajstić information content (AvgIpc) is 2.58. The third-order valence-corrected chi connectivity index (χ3v) is 5.82. The minimum absolute atomic E-state index is 0.196. The zero-order chi connectivity index (χ0) is 20.5. The fourth-order valence-electron chi connectivity index (χ4n) is 2.62. The molecule has 7 heteroatoms. The molecule has 1 unspecified atom stereocenters. The van der Waals surface area contributed by atoms with E-state index in [1.807, 2.05) is 6.92 Å². The third kappa shape index (κ3) is 4.59. The summed E-state index contributed by atoms with van der Waals surface area (Å²) < 4.78 is 56.9. The van der Waals surface area contributed by atoms with Crippen LogP contribution in [0.2, 0.25) is 0 Å². The second-order valence-electron chi connectivity index (χ2n) is 7.47. The minimum Gasteiger partial charge on any atom is -0.375 e. The normalized spacial score (nSPS) is 17.2. The lowest BCUT2D eigenvalue weighted by atomic mass is 9.82. The van der Waals surface area contributed by atoms with Crippen LogP contribution in [0.15, 0.2) is 54.6 Å². The highest BCUT2D eigenvalue weighted by molar-refractivity contribution is 7.84. The van der Waals surface area contributed by atoms with Crippen LogP contribution in [0.5, 0.6) is 0 Å². The molecule has 0 heterocycles. The largest absolute Gasteiger partial charge is 0.423 e. The number of hydrogen-bond acceptors (Lipinski definition) is 2. The van der Waals surface area contributed by atoms with Gasteiger partial charge in [-0.05, 0) is 38.8 Å². The SMILES string of the molecule is Cc1ccc([C@H](NS(=O)C(C)(C)C)[C@](O)(c2ccccc2)C(F)(F)F)cc1. The molecule has 0 bridgehead atoms. The molecule has 0 fully saturated rings. The van der Waals surface area contributed by atoms with Crippen LogP contribution in [0.3, 0.4) is 0 Å². The molecule has 3 atom stereocenters. The lowest BCUT2D eigenvalue weighted by Gasteiger charge is -2.39. The van der Waals surface area contributed by atoms with Crippen LogP contribution in [0.25, 0.3) is 0 Å². The van der Waals surface area contributed by atoms with Gasteiger partial charge in [-0.25, -0.2) is 8.93 Å². The van der Waals surface area contributed by atoms with Gasteiger partial charge in [0.05, 0.1) is 21.8 Å². The van der Waals surface area contributed by atoms with Crippen LogP contribution in [0.4, 0.5) is 13.2 Å². The molecule has 0 radical (unpaired) electrons. The number of alkyl halides is 3. The van der Waals surface area contributed by atoms with E-state index in [2.05, 4.69) is 4.72 Å². The molecule has 3 nitrogen and oxygen atoms in total. The standard InChI is InChI=1S/C20H24F3NO2S/c1-14-10-12-15(13-11-14)17(24-27(26)18(2,3)4)19(25,20(21,22)23)16-8-6-5-7-9-16/h5-13,17,24-25H,1-4H3/t17-,19+,27?/m0/s1. The molecule has 0 amide bonds. The van der Waals surface area contributed by atoms with Crippen molar-refractivity contribution in [2.45, 2.75) is 50.3 Å². The van der Waals surface area contributed by atoms with Gasteiger partial charge < -0.3 is 5.11 Å². The van der Waals surface area contributed by atoms with Crippen LogP contribution in [0, 0.1) is 6.92 Å². The maximum Gasteiger partial charge on any atom is 0.423 e. The Morgan fingerprint density at radius 3 is 1.93 bits per heavy atom. The Kier molecular flexibility index (Phi) is 6.19. The smallest absolute Gasteiger partial charge is 0.375 e. The van der Waals surface area contributed by atoms with Gasteiger partial charge in [-0.15, -0.1) is 0 Å². The van der Waals surface area contributed by atoms with Crippen LogP contribution in [-0.2, 0) is 16.6 Å². The molecular formula is C20H24F3NO2S. The number of aliphatic hydroxyl groups is 1. The van der Waals surface area contributed by atoms with Gasteiger partial charge in [-0.3, -0.25) is 0 Å². The monoisotopic (exact) mass is 399 g/mol. The minimum atomic E-state index is -5.00. The fraction of sp³-hybridized carbons (Fsp3) is 0.400. The van der Waals surface area contributed by atoms with Crippen molar-refractivity contribution in [2.75, 3.05) is 0 Å². The first-order chi connectivity index (χ1) is 12.4. The third-order valence-electron chi connectivity index (χ3n) is 4.26. The Morgan fingerprint density at radius 1 is 0.963 bits per heavy atom. The number of aryl methyl sites for hydroxylation is 1. The summed E-state index contributed by atoms with van der Waals surface area (Å²) in [7, 11) is -1.84. The maximum atomic E-state index is 14.2. The van der Waals surface area contributed by atoms with E-state index in [0.717, 1.165) is 5.56 Å². The Bertz CT molecular complexity index is 786. The van der Waals surface area contributed by atoms with Gasteiger partial charge in [0.1, 0.15) is 0 Å². The Hall–Kier alpha value is -1.70. The number of hydrogen-bond donors (Lipinski definition) is 2. The quantitative estimate of drug-likeness (QED) is 0.776. The van der Waals surface area contributed by atoms with Gasteiger partial charge in [0.25, 0.3) is 0 Å². The molecule has 0 aliphatic heterocycles. The summed E-state index contributed by atoms with van der Waals surface area (Å²) >= 11 is 0. The van der Waals surface area contributed by atoms with E-state index in [9.17, 15) is 22.5 Å². The summed E-state index contributed by atoms with van der Waals surface area (Å²) in [6.45, 7) is 6.76. The second kappa shape index (κ2) is 7.73. The maximum absolute atomic E-state index is 14.2. The molecule has 148 valence electrons. The van der Waals surface area contributed by atoms with Gasteiger partial charge in [0, 0.05) is 0 Å². The molecule has 27 heavy (non-hydrogen) atoms. The molecule has 2 aromatic rings. The van der Waals surface area contributed by atoms with Crippen LogP contribution < -0.4 is 4.72 Å². The molecular weight excluding hydrogens is 375 g/mol. The van der Waals surface area contributed by atoms with Crippen molar-refractivity contribution in [3.63, 3.8) is 0 Å². The summed E-state index contributed by atoms with van der Waals surface area (Å²) in [5, 5.41) is 11.0. The highest BCUT2D eigenvalue weighted by Crippen LogP contribution is 2.48. The van der Waals surface area contributed by atoms with Crippen molar-refractivity contribution in [1.82, 2.24) is 4.72 Å². The molecule has 0 aromatic heterocycles. The lowest BCUT2D eigenvalue weighted by Crippen LogP contribution is -2.53. The van der Waals surface area contributed by atoms with Crippen molar-refractivity contribution in [3.8, 4) is 0 Å². The number of halogens is 3. The zero-order valence-electron chi connectivity index (χ0n) is 15.7. The molecule has 0 saturated carbocycles. The summed E-state index contributed by atoms with van der Waals surface area (Å²) in [6.07, 6.45) is -5.00. The summed E-state index contributed by atoms with van der Waals surface area (Å²) in [6, 6.07) is 11.5. The van der Waals surface area contributed by atoms with E-state index >= 15 is 0 Å². The molecule has 0 aliphatic rings. The van der Waals surface area contributed by atoms with Crippen molar-refractivity contribution < 1.29 is 22.5 Å². The van der Waals surface area contributed by atoms with Gasteiger partial charge in [-0.2, -0.15) is 13.2 Å².